The van der Waals surface area contributed by atoms with Gasteiger partial charge in [-0.15, -0.1) is 11.3 Å². The van der Waals surface area contributed by atoms with Gasteiger partial charge in [-0.3, -0.25) is 4.90 Å². The molecule has 7 heteroatoms. The van der Waals surface area contributed by atoms with Crippen LogP contribution in [0.1, 0.15) is 12.6 Å². The van der Waals surface area contributed by atoms with Crippen LogP contribution in [0.4, 0.5) is 10.8 Å². The van der Waals surface area contributed by atoms with Gasteiger partial charge >= 0.3 is 0 Å². The van der Waals surface area contributed by atoms with Gasteiger partial charge in [0.15, 0.2) is 15.0 Å². The fourth-order valence-corrected chi connectivity index (χ4v) is 4.90. The smallest absolute Gasteiger partial charge is 0.187 e. The third kappa shape index (κ3) is 3.85. The number of anilines is 2. The molecule has 1 aromatic carbocycles. The third-order valence-electron chi connectivity index (χ3n) is 3.75. The molecule has 0 spiro atoms. The van der Waals surface area contributed by atoms with E-state index in [9.17, 15) is 8.42 Å². The lowest BCUT2D eigenvalue weighted by Gasteiger charge is -2.32. The predicted octanol–water partition coefficient (Wildman–Crippen LogP) is 2.51. The van der Waals surface area contributed by atoms with E-state index in [1.165, 1.54) is 0 Å². The van der Waals surface area contributed by atoms with Crippen molar-refractivity contribution in [3.63, 3.8) is 0 Å². The maximum atomic E-state index is 11.6. The van der Waals surface area contributed by atoms with Crippen LogP contribution in [-0.4, -0.2) is 42.4 Å². The summed E-state index contributed by atoms with van der Waals surface area (Å²) in [6, 6.07) is 9.98. The summed E-state index contributed by atoms with van der Waals surface area (Å²) in [7, 11) is -2.86. The Kier molecular flexibility index (Phi) is 4.46. The highest BCUT2D eigenvalue weighted by Gasteiger charge is 2.28. The van der Waals surface area contributed by atoms with E-state index in [4.69, 9.17) is 0 Å². The molecule has 3 rings (SSSR count). The van der Waals surface area contributed by atoms with Crippen molar-refractivity contribution in [3.8, 4) is 0 Å². The molecule has 5 nitrogen and oxygen atoms in total. The molecule has 0 amide bonds. The molecule has 0 radical (unpaired) electrons. The van der Waals surface area contributed by atoms with Gasteiger partial charge in [0.1, 0.15) is 0 Å². The van der Waals surface area contributed by atoms with E-state index in [0.717, 1.165) is 16.5 Å². The summed E-state index contributed by atoms with van der Waals surface area (Å²) in [6.07, 6.45) is 0. The Balaban J connectivity index is 1.62. The largest absolute Gasteiger partial charge is 0.332 e. The minimum absolute atomic E-state index is 0.0472. The van der Waals surface area contributed by atoms with E-state index in [2.05, 4.69) is 15.2 Å². The zero-order valence-electron chi connectivity index (χ0n) is 12.4. The topological polar surface area (TPSA) is 62.3 Å². The van der Waals surface area contributed by atoms with Crippen molar-refractivity contribution >= 4 is 32.0 Å². The molecule has 1 saturated heterocycles. The first-order chi connectivity index (χ1) is 10.5. The molecule has 1 unspecified atom stereocenters. The van der Waals surface area contributed by atoms with Crippen molar-refractivity contribution in [1.82, 2.24) is 9.88 Å². The number of nitrogens with one attached hydrogen (secondary N) is 1. The van der Waals surface area contributed by atoms with Crippen molar-refractivity contribution in [2.24, 2.45) is 0 Å². The fraction of sp³-hybridized carbons (Fsp3) is 0.400. The number of hydrogen-bond acceptors (Lipinski definition) is 6. The molecule has 22 heavy (non-hydrogen) atoms. The number of sulfone groups is 1. The number of para-hydroxylation sites is 1. The quantitative estimate of drug-likeness (QED) is 0.929. The van der Waals surface area contributed by atoms with Crippen LogP contribution >= 0.6 is 11.3 Å². The Morgan fingerprint density at radius 3 is 2.86 bits per heavy atom. The van der Waals surface area contributed by atoms with E-state index in [-0.39, 0.29) is 17.5 Å². The van der Waals surface area contributed by atoms with Crippen molar-refractivity contribution in [2.75, 3.05) is 23.4 Å². The molecule has 1 aliphatic heterocycles. The van der Waals surface area contributed by atoms with Gasteiger partial charge in [-0.05, 0) is 19.1 Å². The molecule has 118 valence electrons. The molecule has 1 N–H and O–H groups in total. The van der Waals surface area contributed by atoms with Crippen molar-refractivity contribution in [2.45, 2.75) is 19.5 Å². The summed E-state index contributed by atoms with van der Waals surface area (Å²) in [5.74, 6) is 0.489. The molecule has 1 aromatic heterocycles. The minimum atomic E-state index is -2.86. The van der Waals surface area contributed by atoms with E-state index in [1.54, 1.807) is 11.3 Å². The Morgan fingerprint density at radius 1 is 1.36 bits per heavy atom. The number of thiazole rings is 1. The summed E-state index contributed by atoms with van der Waals surface area (Å²) < 4.78 is 23.2. The Morgan fingerprint density at radius 2 is 2.14 bits per heavy atom. The van der Waals surface area contributed by atoms with Crippen LogP contribution in [0.15, 0.2) is 35.7 Å². The molecule has 0 aliphatic carbocycles. The highest BCUT2D eigenvalue weighted by atomic mass is 32.2. The van der Waals surface area contributed by atoms with E-state index < -0.39 is 9.84 Å². The second-order valence-electron chi connectivity index (χ2n) is 5.57. The molecule has 1 atom stereocenters. The average molecular weight is 337 g/mol. The van der Waals surface area contributed by atoms with Crippen molar-refractivity contribution in [1.29, 1.82) is 0 Å². The Bertz CT molecular complexity index is 728. The van der Waals surface area contributed by atoms with Crippen LogP contribution in [0, 0.1) is 0 Å². The number of hydrogen-bond donors (Lipinski definition) is 1. The van der Waals surface area contributed by atoms with Gasteiger partial charge < -0.3 is 5.32 Å². The fourth-order valence-electron chi connectivity index (χ4n) is 2.56. The van der Waals surface area contributed by atoms with Gasteiger partial charge in [0.2, 0.25) is 0 Å². The maximum absolute atomic E-state index is 11.6. The van der Waals surface area contributed by atoms with E-state index in [1.807, 2.05) is 42.6 Å². The van der Waals surface area contributed by atoms with Gasteiger partial charge in [0, 0.05) is 30.2 Å². The molecule has 1 aliphatic rings. The van der Waals surface area contributed by atoms with Crippen LogP contribution in [0.2, 0.25) is 0 Å². The van der Waals surface area contributed by atoms with Crippen LogP contribution in [0.3, 0.4) is 0 Å². The lowest BCUT2D eigenvalue weighted by molar-refractivity contribution is 0.216. The summed E-state index contributed by atoms with van der Waals surface area (Å²) in [4.78, 5) is 6.77. The van der Waals surface area contributed by atoms with Gasteiger partial charge in [0.05, 0.1) is 17.2 Å². The van der Waals surface area contributed by atoms with Crippen LogP contribution in [0.25, 0.3) is 0 Å². The second kappa shape index (κ2) is 6.36. The monoisotopic (exact) mass is 337 g/mol. The summed E-state index contributed by atoms with van der Waals surface area (Å²) >= 11 is 1.57. The zero-order valence-corrected chi connectivity index (χ0v) is 14.0. The molecule has 2 heterocycles. The third-order valence-corrected chi connectivity index (χ3v) is 6.35. The molecule has 2 aromatic rings. The van der Waals surface area contributed by atoms with Gasteiger partial charge in [-0.25, -0.2) is 13.4 Å². The highest BCUT2D eigenvalue weighted by Crippen LogP contribution is 2.22. The normalized spacial score (nSPS) is 21.6. The zero-order chi connectivity index (χ0) is 15.6. The van der Waals surface area contributed by atoms with E-state index in [0.29, 0.717) is 13.1 Å². The van der Waals surface area contributed by atoms with Crippen LogP contribution in [-0.2, 0) is 16.4 Å². The first kappa shape index (κ1) is 15.5. The lowest BCUT2D eigenvalue weighted by atomic mass is 10.3. The number of aromatic nitrogens is 1. The number of nitrogens with zero attached hydrogens (tertiary/aromatic N) is 2. The molecule has 0 bridgehead atoms. The number of rotatable bonds is 4. The molecule has 1 fully saturated rings. The van der Waals surface area contributed by atoms with Gasteiger partial charge in [-0.1, -0.05) is 18.2 Å². The van der Waals surface area contributed by atoms with E-state index >= 15 is 0 Å². The Hall–Kier alpha value is -1.44. The Labute approximate surface area is 134 Å². The summed E-state index contributed by atoms with van der Waals surface area (Å²) in [6.45, 7) is 3.25. The lowest BCUT2D eigenvalue weighted by Crippen LogP contribution is -2.46. The standard InChI is InChI=1S/C15H19N3O2S2/c1-12-11-22(19,20)8-7-18(12)9-14-10-21-15(17-14)16-13-5-3-2-4-6-13/h2-6,10,12H,7-9,11H2,1H3,(H,16,17). The summed E-state index contributed by atoms with van der Waals surface area (Å²) in [5, 5.41) is 6.17. The molecule has 0 saturated carbocycles. The number of benzene rings is 1. The maximum Gasteiger partial charge on any atom is 0.187 e. The summed E-state index contributed by atoms with van der Waals surface area (Å²) in [5.41, 5.74) is 2.00. The van der Waals surface area contributed by atoms with Gasteiger partial charge in [-0.2, -0.15) is 0 Å². The highest BCUT2D eigenvalue weighted by molar-refractivity contribution is 7.91. The SMILES string of the molecule is CC1CS(=O)(=O)CCN1Cc1csc(Nc2ccccc2)n1. The first-order valence-electron chi connectivity index (χ1n) is 7.23. The molecular weight excluding hydrogens is 318 g/mol. The van der Waals surface area contributed by atoms with Crippen LogP contribution < -0.4 is 5.32 Å². The molecular formula is C15H19N3O2S2. The minimum Gasteiger partial charge on any atom is -0.332 e. The first-order valence-corrected chi connectivity index (χ1v) is 9.93. The van der Waals surface area contributed by atoms with Crippen molar-refractivity contribution in [3.05, 3.63) is 41.4 Å². The van der Waals surface area contributed by atoms with Crippen LogP contribution in [0.5, 0.6) is 0 Å². The average Bonchev–Trinajstić information content (AvgIpc) is 2.90. The van der Waals surface area contributed by atoms with Crippen molar-refractivity contribution < 1.29 is 8.42 Å². The predicted molar refractivity (Wildman–Crippen MR) is 90.4 cm³/mol. The van der Waals surface area contributed by atoms with Gasteiger partial charge in [0.25, 0.3) is 0 Å². The second-order valence-corrected chi connectivity index (χ2v) is 8.66.